The number of thioether (sulfide) groups is 1. The molecule has 1 aliphatic heterocycles. The Balaban J connectivity index is 2.12. The van der Waals surface area contributed by atoms with Gasteiger partial charge in [0.25, 0.3) is 0 Å². The number of hydrogen-bond donors (Lipinski definition) is 1. The van der Waals surface area contributed by atoms with Crippen molar-refractivity contribution < 1.29 is 9.26 Å². The van der Waals surface area contributed by atoms with Crippen LogP contribution in [0.4, 0.5) is 0 Å². The van der Waals surface area contributed by atoms with E-state index >= 15 is 0 Å². The van der Waals surface area contributed by atoms with Gasteiger partial charge in [0.2, 0.25) is 11.7 Å². The van der Waals surface area contributed by atoms with Crippen molar-refractivity contribution in [1.29, 1.82) is 0 Å². The van der Waals surface area contributed by atoms with E-state index < -0.39 is 5.54 Å². The molecule has 0 amide bonds. The van der Waals surface area contributed by atoms with Crippen molar-refractivity contribution in [3.8, 4) is 0 Å². The first-order valence-electron chi connectivity index (χ1n) is 5.46. The van der Waals surface area contributed by atoms with E-state index in [9.17, 15) is 0 Å². The zero-order valence-electron chi connectivity index (χ0n) is 9.60. The van der Waals surface area contributed by atoms with Gasteiger partial charge in [0.1, 0.15) is 6.10 Å². The SMILES string of the molecule is CCC(C)(N)c1nc(C2CSCCO2)no1. The Morgan fingerprint density at radius 3 is 3.06 bits per heavy atom. The lowest BCUT2D eigenvalue weighted by Gasteiger charge is -2.19. The first-order valence-corrected chi connectivity index (χ1v) is 6.61. The molecule has 0 radical (unpaired) electrons. The van der Waals surface area contributed by atoms with Crippen LogP contribution in [0.2, 0.25) is 0 Å². The summed E-state index contributed by atoms with van der Waals surface area (Å²) in [6, 6.07) is 0. The molecule has 0 aromatic carbocycles. The molecule has 16 heavy (non-hydrogen) atoms. The molecule has 1 aromatic rings. The monoisotopic (exact) mass is 243 g/mol. The molecule has 2 heterocycles. The summed E-state index contributed by atoms with van der Waals surface area (Å²) < 4.78 is 10.8. The summed E-state index contributed by atoms with van der Waals surface area (Å²) in [6.45, 7) is 4.63. The van der Waals surface area contributed by atoms with Crippen LogP contribution in [0.1, 0.15) is 38.1 Å². The number of nitrogens with two attached hydrogens (primary N) is 1. The minimum Gasteiger partial charge on any atom is -0.368 e. The smallest absolute Gasteiger partial charge is 0.246 e. The van der Waals surface area contributed by atoms with Gasteiger partial charge >= 0.3 is 0 Å². The van der Waals surface area contributed by atoms with Crippen LogP contribution in [0, 0.1) is 0 Å². The van der Waals surface area contributed by atoms with Crippen LogP contribution < -0.4 is 5.73 Å². The zero-order valence-corrected chi connectivity index (χ0v) is 10.4. The standard InChI is InChI=1S/C10H17N3O2S/c1-3-10(2,11)9-12-8(13-15-9)7-6-16-5-4-14-7/h7H,3-6,11H2,1-2H3. The molecule has 0 aliphatic carbocycles. The molecule has 2 atom stereocenters. The maximum Gasteiger partial charge on any atom is 0.246 e. The van der Waals surface area contributed by atoms with Crippen LogP contribution in [-0.4, -0.2) is 28.3 Å². The summed E-state index contributed by atoms with van der Waals surface area (Å²) in [7, 11) is 0. The van der Waals surface area contributed by atoms with Crippen molar-refractivity contribution in [2.45, 2.75) is 31.9 Å². The average Bonchev–Trinajstić information content (AvgIpc) is 2.80. The molecule has 90 valence electrons. The largest absolute Gasteiger partial charge is 0.368 e. The number of aromatic nitrogens is 2. The number of ether oxygens (including phenoxy) is 1. The van der Waals surface area contributed by atoms with E-state index in [-0.39, 0.29) is 6.10 Å². The molecule has 2 unspecified atom stereocenters. The second kappa shape index (κ2) is 4.73. The summed E-state index contributed by atoms with van der Waals surface area (Å²) in [5, 5.41) is 3.95. The zero-order chi connectivity index (χ0) is 11.6. The molecule has 2 N–H and O–H groups in total. The topological polar surface area (TPSA) is 74.2 Å². The third-order valence-electron chi connectivity index (χ3n) is 2.77. The lowest BCUT2D eigenvalue weighted by molar-refractivity contribution is 0.0677. The van der Waals surface area contributed by atoms with Crippen molar-refractivity contribution in [3.63, 3.8) is 0 Å². The summed E-state index contributed by atoms with van der Waals surface area (Å²) in [6.07, 6.45) is 0.707. The number of rotatable bonds is 3. The van der Waals surface area contributed by atoms with Crippen LogP contribution in [0.5, 0.6) is 0 Å². The first kappa shape index (κ1) is 11.9. The summed E-state index contributed by atoms with van der Waals surface area (Å²) >= 11 is 1.84. The van der Waals surface area contributed by atoms with Gasteiger partial charge < -0.3 is 15.0 Å². The predicted molar refractivity (Wildman–Crippen MR) is 62.1 cm³/mol. The van der Waals surface area contributed by atoms with Crippen LogP contribution in [-0.2, 0) is 10.3 Å². The highest BCUT2D eigenvalue weighted by Crippen LogP contribution is 2.26. The maximum atomic E-state index is 6.04. The first-order chi connectivity index (χ1) is 7.63. The molecule has 1 aliphatic rings. The van der Waals surface area contributed by atoms with Crippen LogP contribution >= 0.6 is 11.8 Å². The van der Waals surface area contributed by atoms with E-state index in [0.717, 1.165) is 24.5 Å². The Bertz CT molecular complexity index is 348. The molecule has 0 spiro atoms. The Kier molecular flexibility index (Phi) is 3.51. The predicted octanol–water partition coefficient (Wildman–Crippen LogP) is 1.46. The molecular weight excluding hydrogens is 226 g/mol. The quantitative estimate of drug-likeness (QED) is 0.866. The molecule has 0 bridgehead atoms. The van der Waals surface area contributed by atoms with E-state index in [1.807, 2.05) is 25.6 Å². The highest BCUT2D eigenvalue weighted by atomic mass is 32.2. The van der Waals surface area contributed by atoms with Gasteiger partial charge in [0, 0.05) is 11.5 Å². The van der Waals surface area contributed by atoms with Crippen molar-refractivity contribution in [1.82, 2.24) is 10.1 Å². The van der Waals surface area contributed by atoms with Crippen molar-refractivity contribution in [2.75, 3.05) is 18.1 Å². The average molecular weight is 243 g/mol. The molecule has 6 heteroatoms. The third kappa shape index (κ3) is 2.39. The minimum atomic E-state index is -0.549. The van der Waals surface area contributed by atoms with Gasteiger partial charge in [-0.1, -0.05) is 12.1 Å². The highest BCUT2D eigenvalue weighted by molar-refractivity contribution is 7.99. The van der Waals surface area contributed by atoms with E-state index in [0.29, 0.717) is 11.7 Å². The van der Waals surface area contributed by atoms with E-state index in [1.165, 1.54) is 0 Å². The molecule has 1 fully saturated rings. The summed E-state index contributed by atoms with van der Waals surface area (Å²) in [5.74, 6) is 3.02. The fourth-order valence-electron chi connectivity index (χ4n) is 1.39. The molecule has 1 aromatic heterocycles. The van der Waals surface area contributed by atoms with Crippen molar-refractivity contribution in [2.24, 2.45) is 5.73 Å². The number of nitrogens with zero attached hydrogens (tertiary/aromatic N) is 2. The van der Waals surface area contributed by atoms with Gasteiger partial charge in [-0.3, -0.25) is 0 Å². The van der Waals surface area contributed by atoms with Crippen LogP contribution in [0.15, 0.2) is 4.52 Å². The Morgan fingerprint density at radius 2 is 2.44 bits per heavy atom. The lowest BCUT2D eigenvalue weighted by atomic mass is 10.0. The highest BCUT2D eigenvalue weighted by Gasteiger charge is 2.29. The second-order valence-electron chi connectivity index (χ2n) is 4.16. The lowest BCUT2D eigenvalue weighted by Crippen LogP contribution is -2.32. The Labute approximate surface area is 99.1 Å². The van der Waals surface area contributed by atoms with E-state index in [2.05, 4.69) is 10.1 Å². The maximum absolute atomic E-state index is 6.04. The molecule has 2 rings (SSSR count). The van der Waals surface area contributed by atoms with Crippen molar-refractivity contribution >= 4 is 11.8 Å². The fourth-order valence-corrected chi connectivity index (χ4v) is 2.23. The van der Waals surface area contributed by atoms with Gasteiger partial charge in [-0.25, -0.2) is 0 Å². The third-order valence-corrected chi connectivity index (χ3v) is 3.76. The molecular formula is C10H17N3O2S. The van der Waals surface area contributed by atoms with E-state index in [4.69, 9.17) is 15.0 Å². The summed E-state index contributed by atoms with van der Waals surface area (Å²) in [5.41, 5.74) is 5.49. The summed E-state index contributed by atoms with van der Waals surface area (Å²) in [4.78, 5) is 4.34. The molecule has 1 saturated heterocycles. The Hall–Kier alpha value is -0.590. The molecule has 0 saturated carbocycles. The molecule has 5 nitrogen and oxygen atoms in total. The van der Waals surface area contributed by atoms with Gasteiger partial charge in [0.05, 0.1) is 12.1 Å². The van der Waals surface area contributed by atoms with Gasteiger partial charge in [-0.05, 0) is 13.3 Å². The van der Waals surface area contributed by atoms with Crippen molar-refractivity contribution in [3.05, 3.63) is 11.7 Å². The fraction of sp³-hybridized carbons (Fsp3) is 0.800. The number of hydrogen-bond acceptors (Lipinski definition) is 6. The van der Waals surface area contributed by atoms with Gasteiger partial charge in [-0.2, -0.15) is 16.7 Å². The Morgan fingerprint density at radius 1 is 1.62 bits per heavy atom. The van der Waals surface area contributed by atoms with Crippen LogP contribution in [0.25, 0.3) is 0 Å². The second-order valence-corrected chi connectivity index (χ2v) is 5.31. The van der Waals surface area contributed by atoms with Crippen LogP contribution in [0.3, 0.4) is 0 Å². The van der Waals surface area contributed by atoms with E-state index in [1.54, 1.807) is 0 Å². The normalized spacial score (nSPS) is 25.3. The van der Waals surface area contributed by atoms with Gasteiger partial charge in [-0.15, -0.1) is 0 Å². The minimum absolute atomic E-state index is 0.0519. The van der Waals surface area contributed by atoms with Gasteiger partial charge in [0.15, 0.2) is 0 Å².